The monoisotopic (exact) mass is 534 g/mol. The minimum atomic E-state index is -1.08. The lowest BCUT2D eigenvalue weighted by molar-refractivity contribution is 0.0753. The first-order valence-electron chi connectivity index (χ1n) is 13.1. The molecule has 1 unspecified atom stereocenters. The molecule has 10 heteroatoms. The van der Waals surface area contributed by atoms with Gasteiger partial charge in [0.25, 0.3) is 5.56 Å². The third kappa shape index (κ3) is 4.80. The number of likely N-dealkylation sites (N-methyl/N-ethyl adjacent to an activating group) is 1. The number of hydrazine groups is 1. The number of hydrogen-bond acceptors (Lipinski definition) is 9. The molecule has 2 aliphatic rings. The standard InChI is InChI=1S/C27H32N6O4.C2H6/c1-13-5-16-18(10-33(29)24(11-34)21(28)8-30-4)19-9-32-23(25(19)31-22(16)6-14(13)2)7-17-20(27(32)36)12-37-15(3)26(17)35;1-2/h5-7,26,30,34-35H,3,8-12,28-29H2,1-2,4H3;1-2H3/b24-21-;. The van der Waals surface area contributed by atoms with E-state index in [1.165, 1.54) is 5.01 Å². The second kappa shape index (κ2) is 11.2. The van der Waals surface area contributed by atoms with Gasteiger partial charge in [0.15, 0.2) is 0 Å². The second-order valence-electron chi connectivity index (χ2n) is 9.67. The van der Waals surface area contributed by atoms with Gasteiger partial charge in [-0.05, 0) is 55.8 Å². The second-order valence-corrected chi connectivity index (χ2v) is 9.67. The zero-order valence-electron chi connectivity index (χ0n) is 23.3. The maximum Gasteiger partial charge on any atom is 0.258 e. The number of nitrogens with two attached hydrogens (primary N) is 2. The minimum Gasteiger partial charge on any atom is -0.491 e. The van der Waals surface area contributed by atoms with Crippen LogP contribution in [0.1, 0.15) is 53.3 Å². The van der Waals surface area contributed by atoms with Crippen LogP contribution < -0.4 is 22.5 Å². The molecule has 0 fully saturated rings. The lowest BCUT2D eigenvalue weighted by Crippen LogP contribution is -2.36. The third-order valence-corrected chi connectivity index (χ3v) is 7.38. The van der Waals surface area contributed by atoms with Gasteiger partial charge in [0.05, 0.1) is 47.9 Å². The minimum absolute atomic E-state index is 0.0628. The van der Waals surface area contributed by atoms with Gasteiger partial charge < -0.3 is 35.6 Å². The van der Waals surface area contributed by atoms with Crippen LogP contribution in [0.2, 0.25) is 0 Å². The number of aliphatic hydroxyl groups is 2. The number of aliphatic hydroxyl groups excluding tert-OH is 2. The smallest absolute Gasteiger partial charge is 0.258 e. The molecule has 0 saturated carbocycles. The Kier molecular flexibility index (Phi) is 8.12. The van der Waals surface area contributed by atoms with Crippen LogP contribution >= 0.6 is 0 Å². The molecule has 0 radical (unpaired) electrons. The Morgan fingerprint density at radius 1 is 1.26 bits per heavy atom. The van der Waals surface area contributed by atoms with Crippen LogP contribution in [-0.2, 0) is 24.4 Å². The van der Waals surface area contributed by atoms with Crippen LogP contribution in [-0.4, -0.2) is 45.0 Å². The van der Waals surface area contributed by atoms with Gasteiger partial charge in [-0.25, -0.2) is 10.8 Å². The van der Waals surface area contributed by atoms with Crippen molar-refractivity contribution in [1.29, 1.82) is 0 Å². The summed E-state index contributed by atoms with van der Waals surface area (Å²) in [6.45, 7) is 12.5. The Morgan fingerprint density at radius 2 is 1.95 bits per heavy atom. The molecule has 7 N–H and O–H groups in total. The molecule has 5 rings (SSSR count). The van der Waals surface area contributed by atoms with E-state index in [2.05, 4.69) is 18.0 Å². The van der Waals surface area contributed by atoms with E-state index in [-0.39, 0.29) is 31.1 Å². The summed E-state index contributed by atoms with van der Waals surface area (Å²) in [6.07, 6.45) is -1.08. The average molecular weight is 535 g/mol. The van der Waals surface area contributed by atoms with Gasteiger partial charge in [-0.15, -0.1) is 0 Å². The molecule has 2 aliphatic heterocycles. The van der Waals surface area contributed by atoms with E-state index < -0.39 is 6.10 Å². The summed E-state index contributed by atoms with van der Waals surface area (Å²) in [7, 11) is 1.77. The van der Waals surface area contributed by atoms with E-state index in [1.807, 2.05) is 39.8 Å². The first-order chi connectivity index (χ1) is 18.7. The highest BCUT2D eigenvalue weighted by Crippen LogP contribution is 2.39. The van der Waals surface area contributed by atoms with Gasteiger partial charge in [-0.2, -0.15) is 0 Å². The van der Waals surface area contributed by atoms with Gasteiger partial charge >= 0.3 is 0 Å². The molecule has 4 heterocycles. The van der Waals surface area contributed by atoms with E-state index in [0.717, 1.165) is 33.2 Å². The summed E-state index contributed by atoms with van der Waals surface area (Å²) < 4.78 is 7.11. The van der Waals surface area contributed by atoms with Gasteiger partial charge in [0.1, 0.15) is 18.5 Å². The Labute approximate surface area is 228 Å². The molecule has 39 heavy (non-hydrogen) atoms. The molecule has 0 aliphatic carbocycles. The number of ether oxygens (including phenoxy) is 1. The van der Waals surface area contributed by atoms with Crippen LogP contribution in [0.4, 0.5) is 0 Å². The molecule has 10 nitrogen and oxygen atoms in total. The fourth-order valence-electron chi connectivity index (χ4n) is 5.15. The zero-order chi connectivity index (χ0) is 28.6. The van der Waals surface area contributed by atoms with Crippen LogP contribution in [0.15, 0.2) is 46.7 Å². The number of nitrogens with zero attached hydrogens (tertiary/aromatic N) is 3. The fourth-order valence-corrected chi connectivity index (χ4v) is 5.15. The zero-order valence-corrected chi connectivity index (χ0v) is 23.3. The molecule has 2 aromatic heterocycles. The molecular formula is C29H38N6O4. The van der Waals surface area contributed by atoms with Crippen molar-refractivity contribution < 1.29 is 14.9 Å². The van der Waals surface area contributed by atoms with Crippen molar-refractivity contribution in [2.75, 3.05) is 20.2 Å². The Balaban J connectivity index is 0.00000172. The lowest BCUT2D eigenvalue weighted by Gasteiger charge is -2.25. The van der Waals surface area contributed by atoms with Gasteiger partial charge in [0, 0.05) is 28.8 Å². The molecule has 0 amide bonds. The van der Waals surface area contributed by atoms with E-state index in [9.17, 15) is 15.0 Å². The predicted molar refractivity (Wildman–Crippen MR) is 152 cm³/mol. The molecule has 208 valence electrons. The Morgan fingerprint density at radius 3 is 2.62 bits per heavy atom. The quantitative estimate of drug-likeness (QED) is 0.185. The predicted octanol–water partition coefficient (Wildman–Crippen LogP) is 2.20. The maximum atomic E-state index is 13.5. The summed E-state index contributed by atoms with van der Waals surface area (Å²) in [5, 5.41) is 26.0. The number of benzene rings is 1. The van der Waals surface area contributed by atoms with E-state index in [0.29, 0.717) is 47.0 Å². The van der Waals surface area contributed by atoms with Crippen molar-refractivity contribution in [2.24, 2.45) is 11.6 Å². The molecule has 0 bridgehead atoms. The molecule has 0 saturated heterocycles. The highest BCUT2D eigenvalue weighted by atomic mass is 16.5. The van der Waals surface area contributed by atoms with Crippen molar-refractivity contribution in [3.8, 4) is 11.4 Å². The number of aromatic nitrogens is 2. The van der Waals surface area contributed by atoms with Gasteiger partial charge in [-0.3, -0.25) is 4.79 Å². The molecule has 0 spiro atoms. The Bertz CT molecular complexity index is 1540. The largest absolute Gasteiger partial charge is 0.491 e. The highest BCUT2D eigenvalue weighted by Gasteiger charge is 2.33. The molecule has 1 aromatic carbocycles. The van der Waals surface area contributed by atoms with Gasteiger partial charge in [0.2, 0.25) is 0 Å². The summed E-state index contributed by atoms with van der Waals surface area (Å²) >= 11 is 0. The average Bonchev–Trinajstić information content (AvgIpc) is 3.28. The lowest BCUT2D eigenvalue weighted by atomic mass is 9.96. The van der Waals surface area contributed by atoms with Crippen LogP contribution in [0.3, 0.4) is 0 Å². The van der Waals surface area contributed by atoms with E-state index in [4.69, 9.17) is 21.3 Å². The van der Waals surface area contributed by atoms with Crippen molar-refractivity contribution in [1.82, 2.24) is 19.9 Å². The van der Waals surface area contributed by atoms with Crippen molar-refractivity contribution >= 4 is 10.9 Å². The number of pyridine rings is 2. The highest BCUT2D eigenvalue weighted by molar-refractivity contribution is 5.89. The van der Waals surface area contributed by atoms with Crippen LogP contribution in [0.25, 0.3) is 22.3 Å². The van der Waals surface area contributed by atoms with Crippen LogP contribution in [0, 0.1) is 13.8 Å². The summed E-state index contributed by atoms with van der Waals surface area (Å²) in [6, 6.07) is 5.92. The summed E-state index contributed by atoms with van der Waals surface area (Å²) in [4.78, 5) is 18.5. The molecule has 1 atom stereocenters. The number of fused-ring (bicyclic) bond motifs is 5. The van der Waals surface area contributed by atoms with Gasteiger partial charge in [-0.1, -0.05) is 20.4 Å². The first kappa shape index (κ1) is 28.3. The van der Waals surface area contributed by atoms with Crippen molar-refractivity contribution in [3.05, 3.63) is 85.7 Å². The third-order valence-electron chi connectivity index (χ3n) is 7.38. The fraction of sp³-hybridized carbons (Fsp3) is 0.379. The van der Waals surface area contributed by atoms with Crippen molar-refractivity contribution in [2.45, 2.75) is 53.5 Å². The normalized spacial score (nSPS) is 16.0. The number of rotatable bonds is 6. The van der Waals surface area contributed by atoms with Crippen molar-refractivity contribution in [3.63, 3.8) is 0 Å². The number of nitrogens with one attached hydrogen (secondary N) is 1. The number of hydrogen-bond donors (Lipinski definition) is 5. The molecule has 3 aromatic rings. The number of aryl methyl sites for hydroxylation is 2. The summed E-state index contributed by atoms with van der Waals surface area (Å²) in [5.41, 5.74) is 13.8. The topological polar surface area (TPSA) is 152 Å². The van der Waals surface area contributed by atoms with E-state index in [1.54, 1.807) is 11.6 Å². The SMILES string of the molecule is C=C1OCc2c(cc3n(c2=O)Cc2c-3nc3cc(C)c(C)cc3c2CN(N)/C(CO)=C(\N)CNC)C1O.CC. The van der Waals surface area contributed by atoms with Crippen LogP contribution in [0.5, 0.6) is 0 Å². The summed E-state index contributed by atoms with van der Waals surface area (Å²) in [5.74, 6) is 6.69. The first-order valence-corrected chi connectivity index (χ1v) is 13.1. The Hall–Kier alpha value is -3.70. The molecular weight excluding hydrogens is 496 g/mol. The maximum absolute atomic E-state index is 13.5. The van der Waals surface area contributed by atoms with E-state index >= 15 is 0 Å².